The van der Waals surface area contributed by atoms with Crippen LogP contribution in [0.4, 0.5) is 0 Å². The number of ether oxygens (including phenoxy) is 1. The normalized spacial score (nSPS) is 8.54. The van der Waals surface area contributed by atoms with Crippen LogP contribution in [-0.4, -0.2) is 6.61 Å². The predicted molar refractivity (Wildman–Crippen MR) is 47.3 cm³/mol. The predicted octanol–water partition coefficient (Wildman–Crippen LogP) is 2.11. The highest BCUT2D eigenvalue weighted by atomic mass is 35.5. The van der Waals surface area contributed by atoms with E-state index in [1.54, 1.807) is 12.1 Å². The molecule has 0 radical (unpaired) electrons. The molecule has 0 aliphatic rings. The summed E-state index contributed by atoms with van der Waals surface area (Å²) >= 11 is 5.68. The molecule has 64 valence electrons. The van der Waals surface area contributed by atoms with Gasteiger partial charge in [0.2, 0.25) is 0 Å². The summed E-state index contributed by atoms with van der Waals surface area (Å²) in [5, 5.41) is 17.4. The molecule has 0 N–H and O–H groups in total. The fourth-order valence-electron chi connectivity index (χ4n) is 0.818. The van der Waals surface area contributed by atoms with Crippen LogP contribution < -0.4 is 4.74 Å². The number of hydrogen-bond donors (Lipinski definition) is 0. The van der Waals surface area contributed by atoms with Crippen molar-refractivity contribution in [2.45, 2.75) is 0 Å². The molecule has 0 aliphatic heterocycles. The van der Waals surface area contributed by atoms with Gasteiger partial charge in [-0.25, -0.2) is 0 Å². The Morgan fingerprint density at radius 1 is 1.38 bits per heavy atom. The van der Waals surface area contributed by atoms with Crippen LogP contribution in [0.1, 0.15) is 5.56 Å². The maximum absolute atomic E-state index is 8.65. The van der Waals surface area contributed by atoms with Crippen LogP contribution >= 0.6 is 11.6 Å². The van der Waals surface area contributed by atoms with Gasteiger partial charge in [-0.1, -0.05) is 11.6 Å². The monoisotopic (exact) mass is 192 g/mol. The summed E-state index contributed by atoms with van der Waals surface area (Å²) in [7, 11) is 0. The van der Waals surface area contributed by atoms with Crippen molar-refractivity contribution in [3.8, 4) is 17.9 Å². The van der Waals surface area contributed by atoms with Crippen LogP contribution in [0, 0.1) is 22.7 Å². The molecule has 0 aromatic heterocycles. The van der Waals surface area contributed by atoms with Gasteiger partial charge >= 0.3 is 0 Å². The van der Waals surface area contributed by atoms with Crippen molar-refractivity contribution in [3.05, 3.63) is 28.8 Å². The van der Waals surface area contributed by atoms with Crippen molar-refractivity contribution in [2.24, 2.45) is 0 Å². The topological polar surface area (TPSA) is 56.8 Å². The zero-order chi connectivity index (χ0) is 9.68. The fourth-order valence-corrected chi connectivity index (χ4v) is 0.980. The van der Waals surface area contributed by atoms with Gasteiger partial charge in [-0.3, -0.25) is 0 Å². The Morgan fingerprint density at radius 3 is 2.77 bits per heavy atom. The first-order valence-corrected chi connectivity index (χ1v) is 3.85. The largest absolute Gasteiger partial charge is 0.477 e. The van der Waals surface area contributed by atoms with E-state index in [9.17, 15) is 0 Å². The Kier molecular flexibility index (Phi) is 3.14. The first-order valence-electron chi connectivity index (χ1n) is 3.47. The average Bonchev–Trinajstić information content (AvgIpc) is 2.15. The molecule has 0 bridgehead atoms. The maximum atomic E-state index is 8.65. The third-order valence-corrected chi connectivity index (χ3v) is 1.59. The lowest BCUT2D eigenvalue weighted by molar-refractivity contribution is 0.367. The average molecular weight is 193 g/mol. The van der Waals surface area contributed by atoms with E-state index in [4.69, 9.17) is 26.9 Å². The van der Waals surface area contributed by atoms with Gasteiger partial charge in [0.15, 0.2) is 6.61 Å². The van der Waals surface area contributed by atoms with E-state index in [1.807, 2.05) is 12.1 Å². The molecule has 0 aliphatic carbocycles. The number of hydrogen-bond acceptors (Lipinski definition) is 3. The van der Waals surface area contributed by atoms with E-state index >= 15 is 0 Å². The van der Waals surface area contributed by atoms with E-state index in [-0.39, 0.29) is 6.61 Å². The highest BCUT2D eigenvalue weighted by Gasteiger charge is 2.02. The van der Waals surface area contributed by atoms with Crippen molar-refractivity contribution in [2.75, 3.05) is 6.61 Å². The minimum atomic E-state index is -0.0883. The molecule has 13 heavy (non-hydrogen) atoms. The molecular formula is C9H5ClN2O. The molecule has 0 saturated carbocycles. The molecule has 0 unspecified atom stereocenters. The highest BCUT2D eigenvalue weighted by molar-refractivity contribution is 6.30. The van der Waals surface area contributed by atoms with Gasteiger partial charge in [0.05, 0.1) is 5.56 Å². The molecule has 4 heteroatoms. The van der Waals surface area contributed by atoms with Crippen molar-refractivity contribution >= 4 is 11.6 Å². The lowest BCUT2D eigenvalue weighted by Crippen LogP contribution is -1.95. The highest BCUT2D eigenvalue weighted by Crippen LogP contribution is 2.22. The second-order valence-corrected chi connectivity index (χ2v) is 2.64. The second-order valence-electron chi connectivity index (χ2n) is 2.20. The van der Waals surface area contributed by atoms with Crippen molar-refractivity contribution < 1.29 is 4.74 Å². The summed E-state index contributed by atoms with van der Waals surface area (Å²) in [5.74, 6) is 0.344. The quantitative estimate of drug-likeness (QED) is 0.721. The first-order chi connectivity index (χ1) is 6.27. The molecule has 1 aromatic rings. The molecule has 0 heterocycles. The maximum Gasteiger partial charge on any atom is 0.174 e. The number of benzene rings is 1. The molecule has 0 fully saturated rings. The third-order valence-electron chi connectivity index (χ3n) is 1.36. The molecular weight excluding hydrogens is 188 g/mol. The Bertz CT molecular complexity index is 390. The molecule has 0 saturated heterocycles. The van der Waals surface area contributed by atoms with Gasteiger partial charge in [-0.15, -0.1) is 0 Å². The first kappa shape index (κ1) is 9.38. The summed E-state index contributed by atoms with van der Waals surface area (Å²) in [4.78, 5) is 0. The van der Waals surface area contributed by atoms with E-state index in [1.165, 1.54) is 6.07 Å². The van der Waals surface area contributed by atoms with Gasteiger partial charge in [-0.2, -0.15) is 10.5 Å². The van der Waals surface area contributed by atoms with E-state index in [2.05, 4.69) is 0 Å². The molecule has 0 amide bonds. The Balaban J connectivity index is 2.97. The summed E-state index contributed by atoms with van der Waals surface area (Å²) in [6, 6.07) is 8.41. The van der Waals surface area contributed by atoms with Gasteiger partial charge < -0.3 is 4.74 Å². The van der Waals surface area contributed by atoms with Crippen LogP contribution in [0.3, 0.4) is 0 Å². The smallest absolute Gasteiger partial charge is 0.174 e. The Hall–Kier alpha value is -1.71. The summed E-state index contributed by atoms with van der Waals surface area (Å²) in [6.45, 7) is -0.0883. The SMILES string of the molecule is N#CCOc1cc(Cl)ccc1C#N. The zero-order valence-corrected chi connectivity index (χ0v) is 7.38. The second kappa shape index (κ2) is 4.35. The standard InChI is InChI=1S/C9H5ClN2O/c10-8-2-1-7(6-12)9(5-8)13-4-3-11/h1-2,5H,4H2. The molecule has 0 atom stereocenters. The van der Waals surface area contributed by atoms with E-state index in [0.717, 1.165) is 0 Å². The lowest BCUT2D eigenvalue weighted by Gasteiger charge is -2.03. The van der Waals surface area contributed by atoms with E-state index < -0.39 is 0 Å². The lowest BCUT2D eigenvalue weighted by atomic mass is 10.2. The van der Waals surface area contributed by atoms with Crippen molar-refractivity contribution in [1.82, 2.24) is 0 Å². The molecule has 0 spiro atoms. The van der Waals surface area contributed by atoms with Gasteiger partial charge in [0, 0.05) is 11.1 Å². The minimum absolute atomic E-state index is 0.0883. The number of nitrogens with zero attached hydrogens (tertiary/aromatic N) is 2. The van der Waals surface area contributed by atoms with Gasteiger partial charge in [0.25, 0.3) is 0 Å². The number of rotatable bonds is 2. The fraction of sp³-hybridized carbons (Fsp3) is 0.111. The van der Waals surface area contributed by atoms with Crippen molar-refractivity contribution in [1.29, 1.82) is 10.5 Å². The van der Waals surface area contributed by atoms with Crippen LogP contribution in [0.25, 0.3) is 0 Å². The summed E-state index contributed by atoms with van der Waals surface area (Å²) < 4.78 is 4.99. The molecule has 3 nitrogen and oxygen atoms in total. The summed E-state index contributed by atoms with van der Waals surface area (Å²) in [5.41, 5.74) is 0.375. The molecule has 1 aromatic carbocycles. The molecule has 1 rings (SSSR count). The zero-order valence-electron chi connectivity index (χ0n) is 6.62. The minimum Gasteiger partial charge on any atom is -0.477 e. The van der Waals surface area contributed by atoms with Crippen LogP contribution in [0.15, 0.2) is 18.2 Å². The number of nitriles is 2. The van der Waals surface area contributed by atoms with Crippen LogP contribution in [-0.2, 0) is 0 Å². The van der Waals surface area contributed by atoms with Gasteiger partial charge in [-0.05, 0) is 12.1 Å². The third kappa shape index (κ3) is 2.37. The van der Waals surface area contributed by atoms with Crippen molar-refractivity contribution in [3.63, 3.8) is 0 Å². The Morgan fingerprint density at radius 2 is 2.15 bits per heavy atom. The number of halogens is 1. The summed E-state index contributed by atoms with van der Waals surface area (Å²) in [6.07, 6.45) is 0. The van der Waals surface area contributed by atoms with E-state index in [0.29, 0.717) is 16.3 Å². The Labute approximate surface area is 80.7 Å². The van der Waals surface area contributed by atoms with Gasteiger partial charge in [0.1, 0.15) is 17.9 Å². The van der Waals surface area contributed by atoms with Crippen LogP contribution in [0.5, 0.6) is 5.75 Å². The van der Waals surface area contributed by atoms with Crippen LogP contribution in [0.2, 0.25) is 5.02 Å².